The summed E-state index contributed by atoms with van der Waals surface area (Å²) in [6.07, 6.45) is 0.909. The van der Waals surface area contributed by atoms with Crippen molar-refractivity contribution in [2.75, 3.05) is 27.2 Å². The number of para-hydroxylation sites is 2. The van der Waals surface area contributed by atoms with E-state index < -0.39 is 0 Å². The normalized spacial score (nSPS) is 12.0. The molecule has 0 fully saturated rings. The predicted molar refractivity (Wildman–Crippen MR) is 132 cm³/mol. The number of fused-ring (bicyclic) bond motifs is 5. The Bertz CT molecular complexity index is 1230. The average Bonchev–Trinajstić information content (AvgIpc) is 3.13. The SMILES string of the molecule is CN(C)CCOCc1c2c(nn1CCc1ccccc1)-c1ccccc1Oc1ccccc1-2. The third-order valence-corrected chi connectivity index (χ3v) is 5.95. The van der Waals surface area contributed by atoms with E-state index in [0.29, 0.717) is 13.2 Å². The first kappa shape index (κ1) is 21.4. The molecule has 0 unspecified atom stereocenters. The van der Waals surface area contributed by atoms with Crippen LogP contribution in [-0.4, -0.2) is 41.9 Å². The molecule has 1 aromatic heterocycles. The number of hydrogen-bond donors (Lipinski definition) is 0. The maximum absolute atomic E-state index is 6.33. The van der Waals surface area contributed by atoms with Gasteiger partial charge in [0.2, 0.25) is 0 Å². The van der Waals surface area contributed by atoms with Crippen LogP contribution in [0.4, 0.5) is 0 Å². The van der Waals surface area contributed by atoms with Gasteiger partial charge in [-0.15, -0.1) is 0 Å². The van der Waals surface area contributed by atoms with Gasteiger partial charge in [-0.2, -0.15) is 5.10 Å². The summed E-state index contributed by atoms with van der Waals surface area (Å²) in [6.45, 7) is 2.83. The van der Waals surface area contributed by atoms with Crippen LogP contribution in [0.1, 0.15) is 11.3 Å². The molecule has 0 N–H and O–H groups in total. The maximum Gasteiger partial charge on any atom is 0.136 e. The van der Waals surface area contributed by atoms with Crippen LogP contribution in [0, 0.1) is 0 Å². The molecule has 1 aliphatic heterocycles. The molecule has 168 valence electrons. The van der Waals surface area contributed by atoms with Crippen LogP contribution in [0.2, 0.25) is 0 Å². The summed E-state index contributed by atoms with van der Waals surface area (Å²) in [5, 5.41) is 5.13. The van der Waals surface area contributed by atoms with Crippen molar-refractivity contribution in [1.82, 2.24) is 14.7 Å². The average molecular weight is 440 g/mol. The van der Waals surface area contributed by atoms with E-state index in [0.717, 1.165) is 59.1 Å². The van der Waals surface area contributed by atoms with Gasteiger partial charge in [0.1, 0.15) is 17.2 Å². The summed E-state index contributed by atoms with van der Waals surface area (Å²) >= 11 is 0. The van der Waals surface area contributed by atoms with E-state index in [4.69, 9.17) is 14.6 Å². The fourth-order valence-electron chi connectivity index (χ4n) is 4.23. The first-order valence-corrected chi connectivity index (χ1v) is 11.4. The van der Waals surface area contributed by atoms with Crippen LogP contribution in [-0.2, 0) is 24.3 Å². The van der Waals surface area contributed by atoms with Crippen molar-refractivity contribution in [3.05, 3.63) is 90.1 Å². The van der Waals surface area contributed by atoms with Gasteiger partial charge in [-0.05, 0) is 44.3 Å². The van der Waals surface area contributed by atoms with E-state index in [9.17, 15) is 0 Å². The largest absolute Gasteiger partial charge is 0.456 e. The number of benzene rings is 3. The molecule has 0 amide bonds. The first-order valence-electron chi connectivity index (χ1n) is 11.4. The van der Waals surface area contributed by atoms with Crippen molar-refractivity contribution in [2.24, 2.45) is 0 Å². The summed E-state index contributed by atoms with van der Waals surface area (Å²) in [5.41, 5.74) is 6.51. The molecule has 0 radical (unpaired) electrons. The number of aryl methyl sites for hydroxylation is 2. The number of ether oxygens (including phenoxy) is 2. The lowest BCUT2D eigenvalue weighted by molar-refractivity contribution is 0.100. The summed E-state index contributed by atoms with van der Waals surface area (Å²) in [4.78, 5) is 2.13. The molecule has 0 bridgehead atoms. The van der Waals surface area contributed by atoms with E-state index in [1.165, 1.54) is 5.56 Å². The molecule has 5 nitrogen and oxygen atoms in total. The van der Waals surface area contributed by atoms with E-state index in [2.05, 4.69) is 72.2 Å². The van der Waals surface area contributed by atoms with Gasteiger partial charge in [-0.1, -0.05) is 60.7 Å². The Hall–Kier alpha value is -3.41. The maximum atomic E-state index is 6.33. The summed E-state index contributed by atoms with van der Waals surface area (Å²) in [6, 6.07) is 26.9. The van der Waals surface area contributed by atoms with E-state index >= 15 is 0 Å². The highest BCUT2D eigenvalue weighted by molar-refractivity contribution is 5.89. The number of rotatable bonds is 8. The van der Waals surface area contributed by atoms with E-state index in [1.54, 1.807) is 0 Å². The monoisotopic (exact) mass is 439 g/mol. The minimum atomic E-state index is 0.501. The second kappa shape index (κ2) is 9.61. The van der Waals surface area contributed by atoms with Crippen LogP contribution < -0.4 is 4.74 Å². The lowest BCUT2D eigenvalue weighted by atomic mass is 9.99. The zero-order valence-electron chi connectivity index (χ0n) is 19.2. The Balaban J connectivity index is 1.59. The predicted octanol–water partition coefficient (Wildman–Crippen LogP) is 5.64. The first-order chi connectivity index (χ1) is 16.2. The van der Waals surface area contributed by atoms with Gasteiger partial charge in [-0.3, -0.25) is 4.68 Å². The third kappa shape index (κ3) is 4.56. The second-order valence-corrected chi connectivity index (χ2v) is 8.58. The highest BCUT2D eigenvalue weighted by Gasteiger charge is 2.28. The van der Waals surface area contributed by atoms with Gasteiger partial charge in [0.05, 0.1) is 18.9 Å². The fraction of sp³-hybridized carbons (Fsp3) is 0.250. The molecule has 0 saturated carbocycles. The molecule has 0 atom stereocenters. The molecular weight excluding hydrogens is 410 g/mol. The molecule has 5 heteroatoms. The molecule has 0 saturated heterocycles. The van der Waals surface area contributed by atoms with Gasteiger partial charge in [0, 0.05) is 29.8 Å². The summed E-state index contributed by atoms with van der Waals surface area (Å²) in [5.74, 6) is 1.68. The molecule has 33 heavy (non-hydrogen) atoms. The Morgan fingerprint density at radius 3 is 2.27 bits per heavy atom. The summed E-state index contributed by atoms with van der Waals surface area (Å²) < 4.78 is 14.6. The molecule has 5 rings (SSSR count). The number of aromatic nitrogens is 2. The smallest absolute Gasteiger partial charge is 0.136 e. The molecular formula is C28H29N3O2. The van der Waals surface area contributed by atoms with Crippen molar-refractivity contribution in [3.63, 3.8) is 0 Å². The minimum absolute atomic E-state index is 0.501. The molecule has 0 aliphatic carbocycles. The Kier molecular flexibility index (Phi) is 6.24. The van der Waals surface area contributed by atoms with Crippen LogP contribution >= 0.6 is 0 Å². The van der Waals surface area contributed by atoms with Crippen LogP contribution in [0.25, 0.3) is 22.4 Å². The van der Waals surface area contributed by atoms with Crippen LogP contribution in [0.15, 0.2) is 78.9 Å². The van der Waals surface area contributed by atoms with Gasteiger partial charge in [0.15, 0.2) is 0 Å². The fourth-order valence-corrected chi connectivity index (χ4v) is 4.23. The highest BCUT2D eigenvalue weighted by atomic mass is 16.5. The van der Waals surface area contributed by atoms with Gasteiger partial charge < -0.3 is 14.4 Å². The molecule has 3 aromatic carbocycles. The third-order valence-electron chi connectivity index (χ3n) is 5.95. The Morgan fingerprint density at radius 1 is 0.848 bits per heavy atom. The van der Waals surface area contributed by atoms with Gasteiger partial charge >= 0.3 is 0 Å². The number of nitrogens with zero attached hydrogens (tertiary/aromatic N) is 3. The van der Waals surface area contributed by atoms with Crippen molar-refractivity contribution >= 4 is 0 Å². The molecule has 2 heterocycles. The quantitative estimate of drug-likeness (QED) is 0.293. The standard InChI is InChI=1S/C28H29N3O2/c1-30(2)18-19-32-20-24-27-22-12-6-8-14-25(22)33-26-15-9-7-13-23(26)28(27)29-31(24)17-16-21-10-4-3-5-11-21/h3-15H,16-20H2,1-2H3. The van der Waals surface area contributed by atoms with E-state index in [-0.39, 0.29) is 0 Å². The van der Waals surface area contributed by atoms with Crippen LogP contribution in [0.3, 0.4) is 0 Å². The Labute approximate surface area is 195 Å². The topological polar surface area (TPSA) is 39.5 Å². The lowest BCUT2D eigenvalue weighted by Gasteiger charge is -2.14. The highest BCUT2D eigenvalue weighted by Crippen LogP contribution is 2.47. The molecule has 0 spiro atoms. The van der Waals surface area contributed by atoms with Crippen molar-refractivity contribution in [3.8, 4) is 33.9 Å². The van der Waals surface area contributed by atoms with Gasteiger partial charge in [0.25, 0.3) is 0 Å². The molecule has 1 aliphatic rings. The minimum Gasteiger partial charge on any atom is -0.456 e. The van der Waals surface area contributed by atoms with E-state index in [1.807, 2.05) is 30.3 Å². The number of likely N-dealkylation sites (N-methyl/N-ethyl adjacent to an activating group) is 1. The summed E-state index contributed by atoms with van der Waals surface area (Å²) in [7, 11) is 4.12. The zero-order valence-corrected chi connectivity index (χ0v) is 19.2. The van der Waals surface area contributed by atoms with Crippen molar-refractivity contribution in [2.45, 2.75) is 19.6 Å². The Morgan fingerprint density at radius 2 is 1.52 bits per heavy atom. The lowest BCUT2D eigenvalue weighted by Crippen LogP contribution is -2.18. The number of hydrogen-bond acceptors (Lipinski definition) is 4. The molecule has 4 aromatic rings. The van der Waals surface area contributed by atoms with Crippen molar-refractivity contribution < 1.29 is 9.47 Å². The van der Waals surface area contributed by atoms with Crippen LogP contribution in [0.5, 0.6) is 11.5 Å². The van der Waals surface area contributed by atoms with Crippen molar-refractivity contribution in [1.29, 1.82) is 0 Å². The second-order valence-electron chi connectivity index (χ2n) is 8.58. The zero-order chi connectivity index (χ0) is 22.6. The van der Waals surface area contributed by atoms with Gasteiger partial charge in [-0.25, -0.2) is 0 Å².